The van der Waals surface area contributed by atoms with Crippen LogP contribution in [-0.2, 0) is 14.8 Å². The molecule has 1 aliphatic heterocycles. The highest BCUT2D eigenvalue weighted by Crippen LogP contribution is 2.21. The summed E-state index contributed by atoms with van der Waals surface area (Å²) in [5.74, 6) is -0.213. The fourth-order valence-electron chi connectivity index (χ4n) is 3.21. The minimum absolute atomic E-state index is 0.144. The molecule has 1 fully saturated rings. The second kappa shape index (κ2) is 7.86. The molecule has 0 atom stereocenters. The van der Waals surface area contributed by atoms with Crippen LogP contribution in [0.5, 0.6) is 0 Å². The highest BCUT2D eigenvalue weighted by molar-refractivity contribution is 7.89. The molecule has 7 nitrogen and oxygen atoms in total. The van der Waals surface area contributed by atoms with Crippen molar-refractivity contribution in [3.63, 3.8) is 0 Å². The van der Waals surface area contributed by atoms with Crippen molar-refractivity contribution in [3.05, 3.63) is 54.0 Å². The van der Waals surface area contributed by atoms with Gasteiger partial charge < -0.3 is 9.80 Å². The van der Waals surface area contributed by atoms with Gasteiger partial charge in [0.1, 0.15) is 0 Å². The molecule has 0 unspecified atom stereocenters. The van der Waals surface area contributed by atoms with E-state index in [0.717, 1.165) is 29.0 Å². The fraction of sp³-hybridized carbons (Fsp3) is 0.263. The van der Waals surface area contributed by atoms with Crippen molar-refractivity contribution in [3.8, 4) is 0 Å². The van der Waals surface area contributed by atoms with E-state index in [-0.39, 0.29) is 17.3 Å². The predicted octanol–water partition coefficient (Wildman–Crippen LogP) is 1.92. The van der Waals surface area contributed by atoms with Crippen LogP contribution in [0.25, 0.3) is 10.2 Å². The van der Waals surface area contributed by atoms with Gasteiger partial charge in [-0.05, 0) is 30.3 Å². The Morgan fingerprint density at radius 1 is 1.07 bits per heavy atom. The van der Waals surface area contributed by atoms with Crippen molar-refractivity contribution in [1.82, 2.24) is 14.6 Å². The average molecular weight is 417 g/mol. The van der Waals surface area contributed by atoms with Crippen LogP contribution in [0.2, 0.25) is 0 Å². The van der Waals surface area contributed by atoms with E-state index in [1.54, 1.807) is 22.5 Å². The summed E-state index contributed by atoms with van der Waals surface area (Å²) in [7, 11) is -3.75. The number of fused-ring (bicyclic) bond motifs is 1. The second-order valence-electron chi connectivity index (χ2n) is 6.51. The van der Waals surface area contributed by atoms with E-state index in [1.807, 2.05) is 30.3 Å². The lowest BCUT2D eigenvalue weighted by Crippen LogP contribution is -2.51. The van der Waals surface area contributed by atoms with Crippen LogP contribution in [0.1, 0.15) is 0 Å². The zero-order valence-corrected chi connectivity index (χ0v) is 16.7. The third-order valence-corrected chi connectivity index (χ3v) is 6.97. The number of nitrogens with zero attached hydrogens (tertiary/aromatic N) is 3. The summed E-state index contributed by atoms with van der Waals surface area (Å²) in [4.78, 5) is 20.7. The fourth-order valence-corrected chi connectivity index (χ4v) is 5.00. The molecule has 3 aromatic rings. The molecule has 0 radical (unpaired) electrons. The number of amides is 1. The SMILES string of the molecule is O=C(CNS(=O)(=O)c1ccc2ncsc2c1)N1CCN(c2ccccc2)CC1. The molecule has 0 spiro atoms. The van der Waals surface area contributed by atoms with Crippen LogP contribution in [0, 0.1) is 0 Å². The number of benzene rings is 2. The summed E-state index contributed by atoms with van der Waals surface area (Å²) >= 11 is 1.38. The van der Waals surface area contributed by atoms with Gasteiger partial charge in [-0.15, -0.1) is 11.3 Å². The summed E-state index contributed by atoms with van der Waals surface area (Å²) in [6.07, 6.45) is 0. The van der Waals surface area contributed by atoms with E-state index in [4.69, 9.17) is 0 Å². The van der Waals surface area contributed by atoms with Crippen molar-refractivity contribution < 1.29 is 13.2 Å². The Bertz CT molecular complexity index is 1070. The summed E-state index contributed by atoms with van der Waals surface area (Å²) in [6.45, 7) is 2.36. The minimum atomic E-state index is -3.75. The maximum absolute atomic E-state index is 12.5. The number of sulfonamides is 1. The molecule has 1 aliphatic rings. The maximum Gasteiger partial charge on any atom is 0.241 e. The molecule has 28 heavy (non-hydrogen) atoms. The van der Waals surface area contributed by atoms with Crippen molar-refractivity contribution in [1.29, 1.82) is 0 Å². The Morgan fingerprint density at radius 3 is 2.57 bits per heavy atom. The molecule has 2 heterocycles. The lowest BCUT2D eigenvalue weighted by Gasteiger charge is -2.36. The first-order valence-corrected chi connectivity index (χ1v) is 11.3. The van der Waals surface area contributed by atoms with Crippen LogP contribution >= 0.6 is 11.3 Å². The quantitative estimate of drug-likeness (QED) is 0.687. The number of aromatic nitrogens is 1. The van der Waals surface area contributed by atoms with Crippen LogP contribution in [-0.4, -0.2) is 56.9 Å². The number of hydrogen-bond acceptors (Lipinski definition) is 6. The number of hydrogen-bond donors (Lipinski definition) is 1. The molecule has 1 aromatic heterocycles. The smallest absolute Gasteiger partial charge is 0.241 e. The van der Waals surface area contributed by atoms with E-state index < -0.39 is 10.0 Å². The van der Waals surface area contributed by atoms with Crippen LogP contribution in [0.15, 0.2) is 58.9 Å². The number of anilines is 1. The molecule has 1 N–H and O–H groups in total. The molecule has 9 heteroatoms. The van der Waals surface area contributed by atoms with Gasteiger partial charge in [-0.2, -0.15) is 0 Å². The first-order chi connectivity index (χ1) is 13.5. The van der Waals surface area contributed by atoms with Crippen molar-refractivity contribution in [2.75, 3.05) is 37.6 Å². The zero-order chi connectivity index (χ0) is 19.6. The minimum Gasteiger partial charge on any atom is -0.368 e. The normalized spacial score (nSPS) is 15.1. The van der Waals surface area contributed by atoms with Gasteiger partial charge in [-0.3, -0.25) is 4.79 Å². The third-order valence-electron chi connectivity index (χ3n) is 4.78. The first kappa shape index (κ1) is 18.9. The second-order valence-corrected chi connectivity index (χ2v) is 9.16. The average Bonchev–Trinajstić information content (AvgIpc) is 3.21. The van der Waals surface area contributed by atoms with Gasteiger partial charge in [0.2, 0.25) is 15.9 Å². The molecular weight excluding hydrogens is 396 g/mol. The number of thiazole rings is 1. The molecule has 1 saturated heterocycles. The topological polar surface area (TPSA) is 82.6 Å². The lowest BCUT2D eigenvalue weighted by molar-refractivity contribution is -0.130. The van der Waals surface area contributed by atoms with Crippen LogP contribution < -0.4 is 9.62 Å². The van der Waals surface area contributed by atoms with Crippen LogP contribution in [0.3, 0.4) is 0 Å². The van der Waals surface area contributed by atoms with Crippen molar-refractivity contribution >= 4 is 43.2 Å². The van der Waals surface area contributed by atoms with Gasteiger partial charge in [0.15, 0.2) is 0 Å². The van der Waals surface area contributed by atoms with E-state index in [2.05, 4.69) is 14.6 Å². The third kappa shape index (κ3) is 4.01. The number of carbonyl (C=O) groups excluding carboxylic acids is 1. The monoisotopic (exact) mass is 416 g/mol. The lowest BCUT2D eigenvalue weighted by atomic mass is 10.2. The Labute approximate surface area is 167 Å². The van der Waals surface area contributed by atoms with E-state index in [1.165, 1.54) is 17.4 Å². The number of carbonyl (C=O) groups is 1. The van der Waals surface area contributed by atoms with E-state index in [9.17, 15) is 13.2 Å². The van der Waals surface area contributed by atoms with Crippen molar-refractivity contribution in [2.24, 2.45) is 0 Å². The van der Waals surface area contributed by atoms with Crippen LogP contribution in [0.4, 0.5) is 5.69 Å². The summed E-state index contributed by atoms with van der Waals surface area (Å²) < 4.78 is 28.3. The number of piperazine rings is 1. The van der Waals surface area contributed by atoms with Gasteiger partial charge in [0, 0.05) is 31.9 Å². The van der Waals surface area contributed by atoms with E-state index >= 15 is 0 Å². The summed E-state index contributed by atoms with van der Waals surface area (Å²) in [6, 6.07) is 14.8. The Hall–Kier alpha value is -2.49. The number of para-hydroxylation sites is 1. The molecule has 4 rings (SSSR count). The predicted molar refractivity (Wildman–Crippen MR) is 110 cm³/mol. The molecule has 0 aliphatic carbocycles. The number of rotatable bonds is 5. The van der Waals surface area contributed by atoms with Crippen molar-refractivity contribution in [2.45, 2.75) is 4.90 Å². The first-order valence-electron chi connectivity index (χ1n) is 8.94. The van der Waals surface area contributed by atoms with Gasteiger partial charge in [0.25, 0.3) is 0 Å². The van der Waals surface area contributed by atoms with E-state index in [0.29, 0.717) is 13.1 Å². The Morgan fingerprint density at radius 2 is 1.82 bits per heavy atom. The highest BCUT2D eigenvalue weighted by Gasteiger charge is 2.23. The Kier molecular flexibility index (Phi) is 5.29. The zero-order valence-electron chi connectivity index (χ0n) is 15.1. The standard InChI is InChI=1S/C19H20N4O3S2/c24-19(23-10-8-22(9-11-23)15-4-2-1-3-5-15)13-21-28(25,26)16-6-7-17-18(12-16)27-14-20-17/h1-7,12,14,21H,8-11,13H2. The van der Waals surface area contributed by atoms with Gasteiger partial charge in [-0.25, -0.2) is 18.1 Å². The van der Waals surface area contributed by atoms with Gasteiger partial charge in [-0.1, -0.05) is 18.2 Å². The largest absolute Gasteiger partial charge is 0.368 e. The molecule has 1 amide bonds. The summed E-state index contributed by atoms with van der Waals surface area (Å²) in [5, 5.41) is 0. The highest BCUT2D eigenvalue weighted by atomic mass is 32.2. The molecule has 2 aromatic carbocycles. The van der Waals surface area contributed by atoms with Gasteiger partial charge >= 0.3 is 0 Å². The Balaban J connectivity index is 1.34. The molecule has 0 saturated carbocycles. The maximum atomic E-state index is 12.5. The molecular formula is C19H20N4O3S2. The van der Waals surface area contributed by atoms with Gasteiger partial charge in [0.05, 0.1) is 27.2 Å². The summed E-state index contributed by atoms with van der Waals surface area (Å²) in [5.41, 5.74) is 3.57. The molecule has 146 valence electrons. The molecule has 0 bridgehead atoms. The number of nitrogens with one attached hydrogen (secondary N) is 1.